The zero-order chi connectivity index (χ0) is 10.9. The average Bonchev–Trinajstić information content (AvgIpc) is 2.46. The van der Waals surface area contributed by atoms with Crippen molar-refractivity contribution in [3.63, 3.8) is 0 Å². The third kappa shape index (κ3) is 2.07. The summed E-state index contributed by atoms with van der Waals surface area (Å²) >= 11 is 1.46. The normalized spacial score (nSPS) is 10.6. The fourth-order valence-electron chi connectivity index (χ4n) is 1.07. The molecule has 0 spiro atoms. The van der Waals surface area contributed by atoms with Gasteiger partial charge in [-0.3, -0.25) is 4.79 Å². The van der Waals surface area contributed by atoms with Crippen molar-refractivity contribution < 1.29 is 4.79 Å². The fourth-order valence-corrected chi connectivity index (χ4v) is 2.16. The maximum atomic E-state index is 11.7. The highest BCUT2D eigenvalue weighted by Crippen LogP contribution is 2.32. The van der Waals surface area contributed by atoms with Crippen molar-refractivity contribution in [3.8, 4) is 0 Å². The predicted molar refractivity (Wildman–Crippen MR) is 62.2 cm³/mol. The van der Waals surface area contributed by atoms with E-state index < -0.39 is 0 Å². The molecule has 0 radical (unpaired) electrons. The molecular weight excluding hydrogens is 196 g/mol. The molecule has 0 aromatic carbocycles. The summed E-state index contributed by atoms with van der Waals surface area (Å²) in [6.45, 7) is 3.77. The predicted octanol–water partition coefficient (Wildman–Crippen LogP) is 2.24. The van der Waals surface area contributed by atoms with Crippen LogP contribution in [0.25, 0.3) is 0 Å². The summed E-state index contributed by atoms with van der Waals surface area (Å²) in [5.74, 6) is 0.131. The second-order valence-corrected chi connectivity index (χ2v) is 4.81. The van der Waals surface area contributed by atoms with Gasteiger partial charge in [0.15, 0.2) is 5.78 Å². The SMILES string of the molecule is CC(C)C(=O)c1sc(N(C)C)cc1N. The maximum absolute atomic E-state index is 11.7. The Hall–Kier alpha value is -1.03. The largest absolute Gasteiger partial charge is 0.397 e. The first-order valence-electron chi connectivity index (χ1n) is 4.54. The highest BCUT2D eigenvalue weighted by molar-refractivity contribution is 7.18. The zero-order valence-corrected chi connectivity index (χ0v) is 9.81. The first-order chi connectivity index (χ1) is 6.43. The molecule has 4 heteroatoms. The number of nitrogens with two attached hydrogens (primary N) is 1. The van der Waals surface area contributed by atoms with Crippen molar-refractivity contribution in [1.29, 1.82) is 0 Å². The van der Waals surface area contributed by atoms with Crippen LogP contribution >= 0.6 is 11.3 Å². The van der Waals surface area contributed by atoms with E-state index >= 15 is 0 Å². The summed E-state index contributed by atoms with van der Waals surface area (Å²) in [4.78, 5) is 14.4. The average molecular weight is 212 g/mol. The van der Waals surface area contributed by atoms with Crippen molar-refractivity contribution in [2.24, 2.45) is 5.92 Å². The molecule has 0 fully saturated rings. The Balaban J connectivity index is 3.04. The molecule has 78 valence electrons. The van der Waals surface area contributed by atoms with E-state index in [1.54, 1.807) is 0 Å². The van der Waals surface area contributed by atoms with E-state index in [0.29, 0.717) is 10.6 Å². The molecule has 0 unspecified atom stereocenters. The number of nitrogen functional groups attached to an aromatic ring is 1. The van der Waals surface area contributed by atoms with Crippen LogP contribution in [0, 0.1) is 5.92 Å². The third-order valence-corrected chi connectivity index (χ3v) is 3.27. The Morgan fingerprint density at radius 3 is 2.43 bits per heavy atom. The smallest absolute Gasteiger partial charge is 0.177 e. The Morgan fingerprint density at radius 2 is 2.07 bits per heavy atom. The number of hydrogen-bond donors (Lipinski definition) is 1. The number of anilines is 2. The summed E-state index contributed by atoms with van der Waals surface area (Å²) in [6, 6.07) is 1.85. The minimum absolute atomic E-state index is 0.00552. The Kier molecular flexibility index (Phi) is 3.16. The number of Topliss-reactive ketones (excluding diaryl/α,β-unsaturated/α-hetero) is 1. The van der Waals surface area contributed by atoms with E-state index in [-0.39, 0.29) is 11.7 Å². The lowest BCUT2D eigenvalue weighted by atomic mass is 10.1. The Bertz CT molecular complexity index is 342. The molecule has 0 aliphatic rings. The van der Waals surface area contributed by atoms with Crippen molar-refractivity contribution >= 4 is 27.8 Å². The number of ketones is 1. The molecule has 1 aromatic heterocycles. The van der Waals surface area contributed by atoms with Crippen LogP contribution in [0.2, 0.25) is 0 Å². The maximum Gasteiger partial charge on any atom is 0.177 e. The van der Waals surface area contributed by atoms with Crippen LogP contribution in [-0.4, -0.2) is 19.9 Å². The molecule has 0 saturated carbocycles. The minimum atomic E-state index is 0.00552. The molecule has 14 heavy (non-hydrogen) atoms. The van der Waals surface area contributed by atoms with Crippen LogP contribution in [-0.2, 0) is 0 Å². The number of rotatable bonds is 3. The summed E-state index contributed by atoms with van der Waals surface area (Å²) in [5, 5.41) is 1.02. The van der Waals surface area contributed by atoms with Crippen molar-refractivity contribution in [1.82, 2.24) is 0 Å². The third-order valence-electron chi connectivity index (χ3n) is 1.94. The van der Waals surface area contributed by atoms with Crippen LogP contribution in [0.5, 0.6) is 0 Å². The van der Waals surface area contributed by atoms with Gasteiger partial charge in [-0.05, 0) is 6.07 Å². The highest BCUT2D eigenvalue weighted by atomic mass is 32.1. The van der Waals surface area contributed by atoms with E-state index in [1.807, 2.05) is 38.9 Å². The second kappa shape index (κ2) is 4.00. The van der Waals surface area contributed by atoms with Crippen molar-refractivity contribution in [2.75, 3.05) is 24.7 Å². The lowest BCUT2D eigenvalue weighted by Crippen LogP contribution is -2.07. The molecular formula is C10H16N2OS. The standard InChI is InChI=1S/C10H16N2OS/c1-6(2)9(13)10-7(11)5-8(14-10)12(3)4/h5-6H,11H2,1-4H3. The van der Waals surface area contributed by atoms with Gasteiger partial charge in [-0.15, -0.1) is 11.3 Å². The van der Waals surface area contributed by atoms with E-state index in [2.05, 4.69) is 0 Å². The number of carbonyl (C=O) groups is 1. The van der Waals surface area contributed by atoms with Gasteiger partial charge < -0.3 is 10.6 Å². The molecule has 0 saturated heterocycles. The van der Waals surface area contributed by atoms with E-state index in [1.165, 1.54) is 11.3 Å². The van der Waals surface area contributed by atoms with Crippen LogP contribution < -0.4 is 10.6 Å². The number of nitrogens with zero attached hydrogens (tertiary/aromatic N) is 1. The summed E-state index contributed by atoms with van der Waals surface area (Å²) in [6.07, 6.45) is 0. The topological polar surface area (TPSA) is 46.3 Å². The number of hydrogen-bond acceptors (Lipinski definition) is 4. The molecule has 3 nitrogen and oxygen atoms in total. The monoisotopic (exact) mass is 212 g/mol. The van der Waals surface area contributed by atoms with E-state index in [0.717, 1.165) is 5.00 Å². The quantitative estimate of drug-likeness (QED) is 0.782. The van der Waals surface area contributed by atoms with E-state index in [4.69, 9.17) is 5.73 Å². The van der Waals surface area contributed by atoms with Gasteiger partial charge in [0.2, 0.25) is 0 Å². The van der Waals surface area contributed by atoms with Crippen LogP contribution in [0.1, 0.15) is 23.5 Å². The van der Waals surface area contributed by atoms with Gasteiger partial charge in [-0.25, -0.2) is 0 Å². The van der Waals surface area contributed by atoms with Crippen LogP contribution in [0.4, 0.5) is 10.7 Å². The molecule has 0 amide bonds. The number of thiophene rings is 1. The Morgan fingerprint density at radius 1 is 1.50 bits per heavy atom. The van der Waals surface area contributed by atoms with Gasteiger partial charge in [0.25, 0.3) is 0 Å². The fraction of sp³-hybridized carbons (Fsp3) is 0.500. The lowest BCUT2D eigenvalue weighted by molar-refractivity contribution is 0.0944. The molecule has 0 aliphatic heterocycles. The zero-order valence-electron chi connectivity index (χ0n) is 9.00. The van der Waals surface area contributed by atoms with Gasteiger partial charge in [0.1, 0.15) is 0 Å². The summed E-state index contributed by atoms with van der Waals surface area (Å²) < 4.78 is 0. The minimum Gasteiger partial charge on any atom is -0.397 e. The lowest BCUT2D eigenvalue weighted by Gasteiger charge is -2.07. The van der Waals surface area contributed by atoms with Gasteiger partial charge in [0, 0.05) is 20.0 Å². The van der Waals surface area contributed by atoms with E-state index in [9.17, 15) is 4.79 Å². The van der Waals surface area contributed by atoms with Gasteiger partial charge in [0.05, 0.1) is 15.6 Å². The molecule has 2 N–H and O–H groups in total. The molecule has 1 aromatic rings. The number of carbonyl (C=O) groups excluding carboxylic acids is 1. The molecule has 1 rings (SSSR count). The second-order valence-electron chi connectivity index (χ2n) is 3.78. The molecule has 0 atom stereocenters. The summed E-state index contributed by atoms with van der Waals surface area (Å²) in [5.41, 5.74) is 6.38. The van der Waals surface area contributed by atoms with Gasteiger partial charge >= 0.3 is 0 Å². The van der Waals surface area contributed by atoms with Crippen LogP contribution in [0.3, 0.4) is 0 Å². The van der Waals surface area contributed by atoms with Gasteiger partial charge in [-0.2, -0.15) is 0 Å². The highest BCUT2D eigenvalue weighted by Gasteiger charge is 2.17. The molecule has 0 aliphatic carbocycles. The van der Waals surface area contributed by atoms with Crippen molar-refractivity contribution in [3.05, 3.63) is 10.9 Å². The molecule has 0 bridgehead atoms. The van der Waals surface area contributed by atoms with Gasteiger partial charge in [-0.1, -0.05) is 13.8 Å². The summed E-state index contributed by atoms with van der Waals surface area (Å²) in [7, 11) is 3.88. The van der Waals surface area contributed by atoms with Crippen LogP contribution in [0.15, 0.2) is 6.07 Å². The first kappa shape index (κ1) is 11.0. The Labute approximate surface area is 88.5 Å². The molecule has 1 heterocycles. The van der Waals surface area contributed by atoms with Crippen molar-refractivity contribution in [2.45, 2.75) is 13.8 Å². The first-order valence-corrected chi connectivity index (χ1v) is 5.36.